The molecule has 118 valence electrons. The third-order valence-corrected chi connectivity index (χ3v) is 3.38. The van der Waals surface area contributed by atoms with Crippen molar-refractivity contribution in [2.45, 2.75) is 45.5 Å². The van der Waals surface area contributed by atoms with Gasteiger partial charge in [-0.05, 0) is 38.5 Å². The first-order valence-electron chi connectivity index (χ1n) is 6.58. The summed E-state index contributed by atoms with van der Waals surface area (Å²) in [4.78, 5) is 11.8. The van der Waals surface area contributed by atoms with Gasteiger partial charge in [0.05, 0.1) is 10.6 Å². The smallest absolute Gasteiger partial charge is 0.374 e. The van der Waals surface area contributed by atoms with Gasteiger partial charge in [0, 0.05) is 11.7 Å². The maximum Gasteiger partial charge on any atom is 0.417 e. The Hall–Kier alpha value is -1.43. The zero-order valence-corrected chi connectivity index (χ0v) is 12.8. The van der Waals surface area contributed by atoms with E-state index in [4.69, 9.17) is 11.6 Å². The van der Waals surface area contributed by atoms with Crippen LogP contribution in [0.1, 0.15) is 32.8 Å². The summed E-state index contributed by atoms with van der Waals surface area (Å²) in [5, 5.41) is 5.13. The lowest BCUT2D eigenvalue weighted by molar-refractivity contribution is -0.137. The number of rotatable bonds is 5. The Morgan fingerprint density at radius 3 is 2.48 bits per heavy atom. The molecule has 0 heterocycles. The average molecular weight is 323 g/mol. The number of carbonyl (C=O) groups is 1. The zero-order chi connectivity index (χ0) is 16.2. The Labute approximate surface area is 126 Å². The molecule has 1 rings (SSSR count). The molecule has 0 saturated carbocycles. The fourth-order valence-electron chi connectivity index (χ4n) is 1.62. The number of nitrogens with one attached hydrogen (secondary N) is 2. The van der Waals surface area contributed by atoms with Crippen molar-refractivity contribution in [1.82, 2.24) is 5.32 Å². The highest BCUT2D eigenvalue weighted by atomic mass is 35.5. The lowest BCUT2D eigenvalue weighted by Gasteiger charge is -2.19. The van der Waals surface area contributed by atoms with E-state index in [1.807, 2.05) is 13.8 Å². The van der Waals surface area contributed by atoms with Gasteiger partial charge in [0.1, 0.15) is 6.04 Å². The van der Waals surface area contributed by atoms with Crippen molar-refractivity contribution >= 4 is 23.2 Å². The largest absolute Gasteiger partial charge is 0.417 e. The van der Waals surface area contributed by atoms with E-state index in [-0.39, 0.29) is 22.7 Å². The first-order chi connectivity index (χ1) is 9.65. The van der Waals surface area contributed by atoms with Crippen LogP contribution < -0.4 is 10.6 Å². The zero-order valence-electron chi connectivity index (χ0n) is 12.0. The molecule has 1 aromatic carbocycles. The Balaban J connectivity index is 2.82. The summed E-state index contributed by atoms with van der Waals surface area (Å²) < 4.78 is 38.3. The summed E-state index contributed by atoms with van der Waals surface area (Å²) in [5.74, 6) is -0.271. The Morgan fingerprint density at radius 1 is 1.33 bits per heavy atom. The fourth-order valence-corrected chi connectivity index (χ4v) is 1.84. The van der Waals surface area contributed by atoms with Crippen molar-refractivity contribution in [1.29, 1.82) is 0 Å². The van der Waals surface area contributed by atoms with Crippen LogP contribution in [0.25, 0.3) is 0 Å². The molecule has 2 N–H and O–H groups in total. The van der Waals surface area contributed by atoms with E-state index in [2.05, 4.69) is 10.6 Å². The Bertz CT molecular complexity index is 505. The second-order valence-electron chi connectivity index (χ2n) is 4.88. The standard InChI is InChI=1S/C14H18ClF3N2O/c1-4-8(2)19-13(21)9(3)20-10-5-6-12(15)11(7-10)14(16,17)18/h5-9,20H,4H2,1-3H3,(H,19,21). The van der Waals surface area contributed by atoms with Crippen LogP contribution in [0, 0.1) is 0 Å². The van der Waals surface area contributed by atoms with Crippen LogP contribution in [0.2, 0.25) is 5.02 Å². The van der Waals surface area contributed by atoms with Crippen LogP contribution in [0.3, 0.4) is 0 Å². The molecule has 2 unspecified atom stereocenters. The van der Waals surface area contributed by atoms with E-state index in [1.54, 1.807) is 6.92 Å². The third kappa shape index (κ3) is 5.12. The molecule has 0 aliphatic carbocycles. The number of halogens is 4. The number of carbonyl (C=O) groups excluding carboxylic acids is 1. The van der Waals surface area contributed by atoms with E-state index in [9.17, 15) is 18.0 Å². The summed E-state index contributed by atoms with van der Waals surface area (Å²) >= 11 is 5.54. The van der Waals surface area contributed by atoms with Gasteiger partial charge in [-0.25, -0.2) is 0 Å². The highest BCUT2D eigenvalue weighted by Gasteiger charge is 2.33. The molecule has 0 spiro atoms. The van der Waals surface area contributed by atoms with Gasteiger partial charge in [-0.2, -0.15) is 13.2 Å². The maximum atomic E-state index is 12.8. The summed E-state index contributed by atoms with van der Waals surface area (Å²) in [6, 6.07) is 2.82. The second-order valence-corrected chi connectivity index (χ2v) is 5.28. The highest BCUT2D eigenvalue weighted by Crippen LogP contribution is 2.36. The van der Waals surface area contributed by atoms with Crippen molar-refractivity contribution in [3.63, 3.8) is 0 Å². The first kappa shape index (κ1) is 17.6. The number of anilines is 1. The van der Waals surface area contributed by atoms with Gasteiger partial charge in [0.25, 0.3) is 0 Å². The monoisotopic (exact) mass is 322 g/mol. The summed E-state index contributed by atoms with van der Waals surface area (Å²) in [6.07, 6.45) is -3.76. The SMILES string of the molecule is CCC(C)NC(=O)C(C)Nc1ccc(Cl)c(C(F)(F)F)c1. The number of amides is 1. The molecule has 2 atom stereocenters. The number of benzene rings is 1. The molecule has 0 radical (unpaired) electrons. The summed E-state index contributed by atoms with van der Waals surface area (Å²) in [5.41, 5.74) is -0.734. The van der Waals surface area contributed by atoms with Gasteiger partial charge in [-0.1, -0.05) is 18.5 Å². The minimum atomic E-state index is -4.53. The number of alkyl halides is 3. The Morgan fingerprint density at radius 2 is 1.95 bits per heavy atom. The van der Waals surface area contributed by atoms with Crippen molar-refractivity contribution in [3.05, 3.63) is 28.8 Å². The van der Waals surface area contributed by atoms with Gasteiger partial charge < -0.3 is 10.6 Å². The van der Waals surface area contributed by atoms with Crippen LogP contribution in [0.4, 0.5) is 18.9 Å². The van der Waals surface area contributed by atoms with Crippen molar-refractivity contribution in [3.8, 4) is 0 Å². The molecular formula is C14H18ClF3N2O. The normalized spacial score (nSPS) is 14.4. The fraction of sp³-hybridized carbons (Fsp3) is 0.500. The lowest BCUT2D eigenvalue weighted by atomic mass is 10.1. The van der Waals surface area contributed by atoms with Gasteiger partial charge in [-0.3, -0.25) is 4.79 Å². The topological polar surface area (TPSA) is 41.1 Å². The number of hydrogen-bond acceptors (Lipinski definition) is 2. The van der Waals surface area contributed by atoms with Crippen LogP contribution >= 0.6 is 11.6 Å². The average Bonchev–Trinajstić information content (AvgIpc) is 2.39. The van der Waals surface area contributed by atoms with Gasteiger partial charge >= 0.3 is 6.18 Å². The quantitative estimate of drug-likeness (QED) is 0.858. The van der Waals surface area contributed by atoms with Crippen molar-refractivity contribution in [2.75, 3.05) is 5.32 Å². The van der Waals surface area contributed by atoms with Gasteiger partial charge in [0.2, 0.25) is 5.91 Å². The van der Waals surface area contributed by atoms with Gasteiger partial charge in [0.15, 0.2) is 0 Å². The van der Waals surface area contributed by atoms with Gasteiger partial charge in [-0.15, -0.1) is 0 Å². The summed E-state index contributed by atoms with van der Waals surface area (Å²) in [7, 11) is 0. The molecule has 0 aliphatic heterocycles. The maximum absolute atomic E-state index is 12.8. The molecular weight excluding hydrogens is 305 g/mol. The minimum absolute atomic E-state index is 0.0118. The molecule has 0 aliphatic rings. The predicted octanol–water partition coefficient (Wildman–Crippen LogP) is 4.07. The molecule has 1 aromatic rings. The summed E-state index contributed by atoms with van der Waals surface area (Å²) in [6.45, 7) is 5.37. The molecule has 3 nitrogen and oxygen atoms in total. The molecule has 21 heavy (non-hydrogen) atoms. The second kappa shape index (κ2) is 7.02. The van der Waals surface area contributed by atoms with E-state index in [0.29, 0.717) is 0 Å². The third-order valence-electron chi connectivity index (χ3n) is 3.05. The molecule has 0 bridgehead atoms. The molecule has 0 fully saturated rings. The molecule has 1 amide bonds. The minimum Gasteiger partial charge on any atom is -0.374 e. The lowest BCUT2D eigenvalue weighted by Crippen LogP contribution is -2.41. The molecule has 0 saturated heterocycles. The first-order valence-corrected chi connectivity index (χ1v) is 6.96. The van der Waals surface area contributed by atoms with Crippen LogP contribution in [-0.4, -0.2) is 18.0 Å². The van der Waals surface area contributed by atoms with E-state index in [0.717, 1.165) is 18.6 Å². The van der Waals surface area contributed by atoms with E-state index in [1.165, 1.54) is 6.07 Å². The van der Waals surface area contributed by atoms with E-state index >= 15 is 0 Å². The van der Waals surface area contributed by atoms with Crippen LogP contribution in [0.5, 0.6) is 0 Å². The van der Waals surface area contributed by atoms with Crippen LogP contribution in [0.15, 0.2) is 18.2 Å². The number of hydrogen-bond donors (Lipinski definition) is 2. The molecule has 0 aromatic heterocycles. The molecule has 7 heteroatoms. The van der Waals surface area contributed by atoms with Crippen molar-refractivity contribution in [2.24, 2.45) is 0 Å². The van der Waals surface area contributed by atoms with Crippen LogP contribution in [-0.2, 0) is 11.0 Å². The van der Waals surface area contributed by atoms with E-state index < -0.39 is 17.8 Å². The highest BCUT2D eigenvalue weighted by molar-refractivity contribution is 6.31. The predicted molar refractivity (Wildman–Crippen MR) is 77.4 cm³/mol. The van der Waals surface area contributed by atoms with Crippen molar-refractivity contribution < 1.29 is 18.0 Å². The Kier molecular flexibility index (Phi) is 5.89.